The molecule has 2 atom stereocenters. The molecule has 0 aliphatic heterocycles. The predicted molar refractivity (Wildman–Crippen MR) is 51.4 cm³/mol. The van der Waals surface area contributed by atoms with Crippen molar-refractivity contribution in [2.24, 2.45) is 0 Å². The molecule has 6 nitrogen and oxygen atoms in total. The van der Waals surface area contributed by atoms with E-state index in [0.717, 1.165) is 6.92 Å². The summed E-state index contributed by atoms with van der Waals surface area (Å²) in [7, 11) is -2.40. The molecule has 0 aliphatic rings. The lowest BCUT2D eigenvalue weighted by atomic mass is 10.7. The summed E-state index contributed by atoms with van der Waals surface area (Å²) in [5, 5.41) is 0. The van der Waals surface area contributed by atoms with Crippen LogP contribution in [0.3, 0.4) is 0 Å². The molecule has 0 spiro atoms. The Kier molecular flexibility index (Phi) is 6.83. The summed E-state index contributed by atoms with van der Waals surface area (Å²) in [6.07, 6.45) is 0. The van der Waals surface area contributed by atoms with E-state index in [4.69, 9.17) is 4.52 Å². The van der Waals surface area contributed by atoms with E-state index in [-0.39, 0.29) is 13.2 Å². The fourth-order valence-corrected chi connectivity index (χ4v) is 1.61. The molecule has 0 N–H and O–H groups in total. The van der Waals surface area contributed by atoms with Crippen molar-refractivity contribution in [1.29, 1.82) is 0 Å². The smallest absolute Gasteiger partial charge is 0.460 e. The van der Waals surface area contributed by atoms with Gasteiger partial charge in [-0.1, -0.05) is 0 Å². The van der Waals surface area contributed by atoms with Gasteiger partial charge >= 0.3 is 25.8 Å². The summed E-state index contributed by atoms with van der Waals surface area (Å²) in [5.41, 5.74) is 0. The number of rotatable bonds is 6. The van der Waals surface area contributed by atoms with E-state index in [1.165, 1.54) is 0 Å². The lowest BCUT2D eigenvalue weighted by Crippen LogP contribution is -2.25. The number of carbonyl (C=O) groups is 2. The van der Waals surface area contributed by atoms with Crippen molar-refractivity contribution in [3.05, 3.63) is 0 Å². The van der Waals surface area contributed by atoms with E-state index in [2.05, 4.69) is 9.47 Å². The zero-order chi connectivity index (χ0) is 11.8. The van der Waals surface area contributed by atoms with Gasteiger partial charge in [-0.15, -0.1) is 4.52 Å². The Balaban J connectivity index is 4.49. The second-order valence-electron chi connectivity index (χ2n) is 2.42. The van der Waals surface area contributed by atoms with E-state index >= 15 is 0 Å². The molecule has 0 saturated carbocycles. The van der Waals surface area contributed by atoms with Crippen LogP contribution in [0.15, 0.2) is 0 Å². The van der Waals surface area contributed by atoms with Gasteiger partial charge in [-0.05, 0) is 18.4 Å². The summed E-state index contributed by atoms with van der Waals surface area (Å²) in [4.78, 5) is 21.9. The highest BCUT2D eigenvalue weighted by Crippen LogP contribution is 2.31. The van der Waals surface area contributed by atoms with Gasteiger partial charge in [0.15, 0.2) is 0 Å². The fourth-order valence-electron chi connectivity index (χ4n) is 0.743. The third-order valence-corrected chi connectivity index (χ3v) is 2.43. The van der Waals surface area contributed by atoms with Crippen molar-refractivity contribution in [1.82, 2.24) is 0 Å². The van der Waals surface area contributed by atoms with Gasteiger partial charge < -0.3 is 9.47 Å². The second kappa shape index (κ2) is 7.31. The van der Waals surface area contributed by atoms with E-state index in [9.17, 15) is 14.2 Å². The van der Waals surface area contributed by atoms with E-state index < -0.39 is 25.8 Å². The van der Waals surface area contributed by atoms with Crippen LogP contribution in [0.4, 0.5) is 0 Å². The molecule has 86 valence electrons. The number of hydrogen-bond acceptors (Lipinski definition) is 6. The van der Waals surface area contributed by atoms with Gasteiger partial charge in [0.25, 0.3) is 0 Å². The van der Waals surface area contributed by atoms with Crippen LogP contribution < -0.4 is 0 Å². The summed E-state index contributed by atoms with van der Waals surface area (Å²) < 4.78 is 25.2. The molecule has 15 heavy (non-hydrogen) atoms. The Labute approximate surface area is 88.7 Å². The SMILES string of the molecule is CCOC(=O)C(OC(C)=O)[P+](=O)OCC. The standard InChI is InChI=1S/C8H14O6P/c1-4-12-7(10)8(14-6(3)9)15(11)13-5-2/h8H,4-5H2,1-3H3/q+1. The maximum absolute atomic E-state index is 11.3. The van der Waals surface area contributed by atoms with Crippen molar-refractivity contribution >= 4 is 20.0 Å². The minimum atomic E-state index is -2.40. The minimum Gasteiger partial charge on any atom is -0.460 e. The first kappa shape index (κ1) is 14.0. The molecule has 7 heteroatoms. The molecule has 0 aromatic heterocycles. The summed E-state index contributed by atoms with van der Waals surface area (Å²) in [6, 6.07) is 0. The molecule has 0 radical (unpaired) electrons. The number of ether oxygens (including phenoxy) is 2. The molecule has 0 aromatic rings. The Bertz CT molecular complexity index is 234. The molecule has 0 aromatic carbocycles. The first-order chi connectivity index (χ1) is 7.02. The third-order valence-electron chi connectivity index (χ3n) is 1.21. The largest absolute Gasteiger partial charge is 0.566 e. The Hall–Kier alpha value is -1.00. The summed E-state index contributed by atoms with van der Waals surface area (Å²) >= 11 is 0. The van der Waals surface area contributed by atoms with E-state index in [1.807, 2.05) is 0 Å². The van der Waals surface area contributed by atoms with Crippen molar-refractivity contribution in [2.45, 2.75) is 26.6 Å². The highest BCUT2D eigenvalue weighted by molar-refractivity contribution is 7.41. The summed E-state index contributed by atoms with van der Waals surface area (Å²) in [5.74, 6) is -3.05. The van der Waals surface area contributed by atoms with Crippen molar-refractivity contribution in [3.63, 3.8) is 0 Å². The first-order valence-corrected chi connectivity index (χ1v) is 5.70. The highest BCUT2D eigenvalue weighted by atomic mass is 31.1. The van der Waals surface area contributed by atoms with Gasteiger partial charge in [0.2, 0.25) is 0 Å². The van der Waals surface area contributed by atoms with Crippen molar-refractivity contribution in [3.8, 4) is 0 Å². The van der Waals surface area contributed by atoms with Crippen LogP contribution in [0, 0.1) is 0 Å². The van der Waals surface area contributed by atoms with Crippen LogP contribution in [-0.2, 0) is 28.2 Å². The van der Waals surface area contributed by atoms with Crippen LogP contribution in [0.2, 0.25) is 0 Å². The number of hydrogen-bond donors (Lipinski definition) is 0. The van der Waals surface area contributed by atoms with Gasteiger partial charge in [-0.25, -0.2) is 4.79 Å². The molecule has 0 aliphatic carbocycles. The minimum absolute atomic E-state index is 0.117. The Morgan fingerprint density at radius 1 is 1.27 bits per heavy atom. The van der Waals surface area contributed by atoms with Gasteiger partial charge in [-0.2, -0.15) is 0 Å². The maximum atomic E-state index is 11.3. The highest BCUT2D eigenvalue weighted by Gasteiger charge is 2.44. The number of esters is 2. The topological polar surface area (TPSA) is 78.9 Å². The molecular formula is C8H14O6P+. The zero-order valence-corrected chi connectivity index (χ0v) is 9.78. The molecule has 0 amide bonds. The predicted octanol–water partition coefficient (Wildman–Crippen LogP) is 1.22. The van der Waals surface area contributed by atoms with Gasteiger partial charge in [0.1, 0.15) is 0 Å². The van der Waals surface area contributed by atoms with Crippen LogP contribution in [0.1, 0.15) is 20.8 Å². The van der Waals surface area contributed by atoms with E-state index in [1.54, 1.807) is 13.8 Å². The monoisotopic (exact) mass is 237 g/mol. The van der Waals surface area contributed by atoms with Gasteiger partial charge in [0.05, 0.1) is 13.2 Å². The molecule has 2 unspecified atom stereocenters. The molecule has 0 rings (SSSR count). The van der Waals surface area contributed by atoms with E-state index in [0.29, 0.717) is 0 Å². The van der Waals surface area contributed by atoms with Crippen LogP contribution in [-0.4, -0.2) is 31.0 Å². The lowest BCUT2D eigenvalue weighted by molar-refractivity contribution is -0.160. The molecule has 0 fully saturated rings. The Morgan fingerprint density at radius 2 is 1.87 bits per heavy atom. The fraction of sp³-hybridized carbons (Fsp3) is 0.750. The number of carbonyl (C=O) groups excluding carboxylic acids is 2. The van der Waals surface area contributed by atoms with Crippen LogP contribution >= 0.6 is 8.03 Å². The molecule has 0 bridgehead atoms. The lowest BCUT2D eigenvalue weighted by Gasteiger charge is -2.05. The van der Waals surface area contributed by atoms with Crippen LogP contribution in [0.25, 0.3) is 0 Å². The second-order valence-corrected chi connectivity index (χ2v) is 3.71. The quantitative estimate of drug-likeness (QED) is 0.510. The Morgan fingerprint density at radius 3 is 2.27 bits per heavy atom. The van der Waals surface area contributed by atoms with Gasteiger partial charge in [-0.3, -0.25) is 4.79 Å². The van der Waals surface area contributed by atoms with Gasteiger partial charge in [0, 0.05) is 6.92 Å². The van der Waals surface area contributed by atoms with Crippen LogP contribution in [0.5, 0.6) is 0 Å². The van der Waals surface area contributed by atoms with Crippen molar-refractivity contribution < 1.29 is 28.2 Å². The van der Waals surface area contributed by atoms with Crippen molar-refractivity contribution in [2.75, 3.05) is 13.2 Å². The first-order valence-electron chi connectivity index (χ1n) is 4.46. The molecule has 0 saturated heterocycles. The zero-order valence-electron chi connectivity index (χ0n) is 8.89. The molecular weight excluding hydrogens is 223 g/mol. The third kappa shape index (κ3) is 5.44. The average Bonchev–Trinajstić information content (AvgIpc) is 2.14. The normalized spacial score (nSPS) is 12.9. The summed E-state index contributed by atoms with van der Waals surface area (Å²) in [6.45, 7) is 4.60. The maximum Gasteiger partial charge on any atom is 0.566 e. The molecule has 0 heterocycles. The average molecular weight is 237 g/mol.